The minimum Gasteiger partial charge on any atom is -0.488 e. The molecular weight excluding hydrogens is 364 g/mol. The van der Waals surface area contributed by atoms with Crippen LogP contribution >= 0.6 is 0 Å². The number of aliphatic hydroxyl groups is 1. The predicted octanol–water partition coefficient (Wildman–Crippen LogP) is 3.65. The lowest BCUT2D eigenvalue weighted by Gasteiger charge is -2.37. The average Bonchev–Trinajstić information content (AvgIpc) is 3.27. The van der Waals surface area contributed by atoms with E-state index in [1.165, 1.54) is 16.8 Å². The van der Waals surface area contributed by atoms with Crippen LogP contribution in [0.2, 0.25) is 0 Å². The number of nitrogens with zero attached hydrogens (tertiary/aromatic N) is 2. The molecule has 1 fully saturated rings. The molecule has 1 atom stereocenters. The van der Waals surface area contributed by atoms with Crippen LogP contribution in [0.4, 0.5) is 0 Å². The van der Waals surface area contributed by atoms with Crippen molar-refractivity contribution in [2.75, 3.05) is 0 Å². The number of fused-ring (bicyclic) bond motifs is 2. The average molecular weight is 392 g/mol. The fourth-order valence-electron chi connectivity index (χ4n) is 5.14. The standard InChI is InChI=1S/C24H28N2O3/c1-24(2,28)22(15-9-10-15)26-13-16-5-3-8-20(21(16)23(26)27)29-14-17-11-12-25-19-7-4-6-18(17)19/h3,5,8,11-12,15,22,28H,4,6-7,9-10,13-14H2,1-2H3/t22-/m1/s1. The van der Waals surface area contributed by atoms with Crippen LogP contribution in [0, 0.1) is 5.92 Å². The molecule has 1 saturated carbocycles. The number of benzene rings is 1. The minimum absolute atomic E-state index is 0.0189. The van der Waals surface area contributed by atoms with Gasteiger partial charge in [0.15, 0.2) is 0 Å². The van der Waals surface area contributed by atoms with Gasteiger partial charge < -0.3 is 14.7 Å². The van der Waals surface area contributed by atoms with Crippen LogP contribution in [-0.4, -0.2) is 32.5 Å². The molecule has 1 N–H and O–H groups in total. The third kappa shape index (κ3) is 3.31. The molecule has 1 aromatic heterocycles. The van der Waals surface area contributed by atoms with Crippen LogP contribution in [0.1, 0.15) is 65.9 Å². The Kier molecular flexibility index (Phi) is 4.39. The van der Waals surface area contributed by atoms with Crippen LogP contribution in [0.25, 0.3) is 0 Å². The van der Waals surface area contributed by atoms with Gasteiger partial charge in [-0.15, -0.1) is 0 Å². The molecule has 1 aromatic carbocycles. The molecule has 2 heterocycles. The molecule has 5 heteroatoms. The van der Waals surface area contributed by atoms with Crippen molar-refractivity contribution in [3.05, 3.63) is 58.4 Å². The summed E-state index contributed by atoms with van der Waals surface area (Å²) in [4.78, 5) is 19.7. The van der Waals surface area contributed by atoms with Gasteiger partial charge in [-0.2, -0.15) is 0 Å². The minimum atomic E-state index is -0.919. The molecule has 2 aliphatic carbocycles. The summed E-state index contributed by atoms with van der Waals surface area (Å²) in [7, 11) is 0. The van der Waals surface area contributed by atoms with Crippen LogP contribution < -0.4 is 4.74 Å². The number of pyridine rings is 1. The van der Waals surface area contributed by atoms with Crippen molar-refractivity contribution in [2.24, 2.45) is 5.92 Å². The van der Waals surface area contributed by atoms with Gasteiger partial charge in [0.1, 0.15) is 12.4 Å². The van der Waals surface area contributed by atoms with Gasteiger partial charge >= 0.3 is 0 Å². The molecule has 2 aromatic rings. The molecule has 3 aliphatic rings. The Bertz CT molecular complexity index is 959. The topological polar surface area (TPSA) is 62.7 Å². The highest BCUT2D eigenvalue weighted by Crippen LogP contribution is 2.44. The second-order valence-electron chi connectivity index (χ2n) is 9.20. The molecule has 5 rings (SSSR count). The maximum Gasteiger partial charge on any atom is 0.258 e. The zero-order valence-corrected chi connectivity index (χ0v) is 17.1. The molecule has 0 unspecified atom stereocenters. The fourth-order valence-corrected chi connectivity index (χ4v) is 5.14. The summed E-state index contributed by atoms with van der Waals surface area (Å²) in [5, 5.41) is 10.7. The van der Waals surface area contributed by atoms with Gasteiger partial charge in [0.05, 0.1) is 17.2 Å². The monoisotopic (exact) mass is 392 g/mol. The van der Waals surface area contributed by atoms with Gasteiger partial charge in [-0.3, -0.25) is 9.78 Å². The zero-order chi connectivity index (χ0) is 20.2. The van der Waals surface area contributed by atoms with Crippen molar-refractivity contribution in [3.8, 4) is 5.75 Å². The number of rotatable bonds is 6. The Balaban J connectivity index is 1.40. The Hall–Kier alpha value is -2.40. The maximum atomic E-state index is 13.4. The van der Waals surface area contributed by atoms with Gasteiger partial charge in [0.2, 0.25) is 0 Å². The molecule has 0 saturated heterocycles. The first-order valence-corrected chi connectivity index (χ1v) is 10.7. The molecule has 0 spiro atoms. The van der Waals surface area contributed by atoms with E-state index in [1.54, 1.807) is 0 Å². The molecule has 29 heavy (non-hydrogen) atoms. The van der Waals surface area contributed by atoms with Crippen molar-refractivity contribution in [1.82, 2.24) is 9.88 Å². The highest BCUT2D eigenvalue weighted by molar-refractivity contribution is 6.01. The van der Waals surface area contributed by atoms with E-state index in [1.807, 2.05) is 49.2 Å². The summed E-state index contributed by atoms with van der Waals surface area (Å²) in [6, 6.07) is 7.71. The summed E-state index contributed by atoms with van der Waals surface area (Å²) < 4.78 is 6.18. The van der Waals surface area contributed by atoms with E-state index in [9.17, 15) is 9.90 Å². The lowest BCUT2D eigenvalue weighted by atomic mass is 9.93. The van der Waals surface area contributed by atoms with E-state index in [4.69, 9.17) is 4.74 Å². The first-order valence-electron chi connectivity index (χ1n) is 10.7. The molecule has 0 radical (unpaired) electrons. The van der Waals surface area contributed by atoms with Crippen molar-refractivity contribution < 1.29 is 14.6 Å². The van der Waals surface area contributed by atoms with E-state index < -0.39 is 5.60 Å². The second kappa shape index (κ2) is 6.84. The number of aryl methyl sites for hydroxylation is 1. The molecule has 1 amide bonds. The number of hydrogen-bond donors (Lipinski definition) is 1. The Morgan fingerprint density at radius 1 is 1.28 bits per heavy atom. The Labute approximate surface area is 171 Å². The van der Waals surface area contributed by atoms with Crippen LogP contribution in [-0.2, 0) is 26.0 Å². The lowest BCUT2D eigenvalue weighted by Crippen LogP contribution is -2.51. The Morgan fingerprint density at radius 3 is 2.86 bits per heavy atom. The quantitative estimate of drug-likeness (QED) is 0.815. The third-order valence-corrected chi connectivity index (χ3v) is 6.52. The van der Waals surface area contributed by atoms with Gasteiger partial charge in [-0.1, -0.05) is 12.1 Å². The summed E-state index contributed by atoms with van der Waals surface area (Å²) in [6.45, 7) is 4.62. The van der Waals surface area contributed by atoms with E-state index in [-0.39, 0.29) is 11.9 Å². The van der Waals surface area contributed by atoms with Gasteiger partial charge in [0, 0.05) is 18.4 Å². The smallest absolute Gasteiger partial charge is 0.258 e. The molecule has 1 aliphatic heterocycles. The van der Waals surface area contributed by atoms with E-state index in [0.29, 0.717) is 30.4 Å². The lowest BCUT2D eigenvalue weighted by molar-refractivity contribution is -0.0224. The number of carbonyl (C=O) groups is 1. The van der Waals surface area contributed by atoms with Crippen LogP contribution in [0.3, 0.4) is 0 Å². The number of carbonyl (C=O) groups excluding carboxylic acids is 1. The highest BCUT2D eigenvalue weighted by Gasteiger charge is 2.48. The van der Waals surface area contributed by atoms with Crippen molar-refractivity contribution in [3.63, 3.8) is 0 Å². The van der Waals surface area contributed by atoms with Gasteiger partial charge in [-0.25, -0.2) is 0 Å². The normalized spacial score (nSPS) is 19.3. The summed E-state index contributed by atoms with van der Waals surface area (Å²) in [5.41, 5.74) is 4.39. The summed E-state index contributed by atoms with van der Waals surface area (Å²) in [6.07, 6.45) is 7.24. The van der Waals surface area contributed by atoms with Crippen LogP contribution in [0.15, 0.2) is 30.5 Å². The molecule has 152 valence electrons. The molecular formula is C24H28N2O3. The SMILES string of the molecule is CC(C)(O)[C@@H](C1CC1)N1Cc2cccc(OCc3ccnc4c3CCC4)c2C1=O. The van der Waals surface area contributed by atoms with Crippen molar-refractivity contribution in [1.29, 1.82) is 0 Å². The maximum absolute atomic E-state index is 13.4. The van der Waals surface area contributed by atoms with E-state index in [2.05, 4.69) is 4.98 Å². The number of ether oxygens (including phenoxy) is 1. The second-order valence-corrected chi connectivity index (χ2v) is 9.20. The fraction of sp³-hybridized carbons (Fsp3) is 0.500. The van der Waals surface area contributed by atoms with Crippen molar-refractivity contribution >= 4 is 5.91 Å². The van der Waals surface area contributed by atoms with E-state index in [0.717, 1.165) is 37.7 Å². The summed E-state index contributed by atoms with van der Waals surface area (Å²) >= 11 is 0. The highest BCUT2D eigenvalue weighted by atomic mass is 16.5. The number of amides is 1. The largest absolute Gasteiger partial charge is 0.488 e. The molecule has 0 bridgehead atoms. The number of hydrogen-bond acceptors (Lipinski definition) is 4. The predicted molar refractivity (Wildman–Crippen MR) is 110 cm³/mol. The van der Waals surface area contributed by atoms with Crippen molar-refractivity contribution in [2.45, 2.75) is 70.7 Å². The number of aromatic nitrogens is 1. The van der Waals surface area contributed by atoms with E-state index >= 15 is 0 Å². The Morgan fingerprint density at radius 2 is 2.10 bits per heavy atom. The third-order valence-electron chi connectivity index (χ3n) is 6.52. The van der Waals surface area contributed by atoms with Gasteiger partial charge in [0.25, 0.3) is 5.91 Å². The van der Waals surface area contributed by atoms with Crippen LogP contribution in [0.5, 0.6) is 5.75 Å². The van der Waals surface area contributed by atoms with Gasteiger partial charge in [-0.05, 0) is 80.7 Å². The zero-order valence-electron chi connectivity index (χ0n) is 17.1. The summed E-state index contributed by atoms with van der Waals surface area (Å²) in [5.74, 6) is 1.01. The first kappa shape index (κ1) is 18.6. The molecule has 5 nitrogen and oxygen atoms in total. The first-order chi connectivity index (χ1) is 13.9.